The molecule has 2 rings (SSSR count). The molecule has 0 radical (unpaired) electrons. The average Bonchev–Trinajstić information content (AvgIpc) is 2.92. The van der Waals surface area contributed by atoms with Crippen LogP contribution in [0.25, 0.3) is 0 Å². The molecule has 106 valence electrons. The molecule has 1 aromatic rings. The van der Waals surface area contributed by atoms with E-state index in [4.69, 9.17) is 9.47 Å². The molecule has 0 aliphatic heterocycles. The first kappa shape index (κ1) is 14.1. The second kappa shape index (κ2) is 7.28. The van der Waals surface area contributed by atoms with Crippen LogP contribution in [-0.4, -0.2) is 35.8 Å². The summed E-state index contributed by atoms with van der Waals surface area (Å²) in [6.45, 7) is 6.01. The summed E-state index contributed by atoms with van der Waals surface area (Å²) in [5.41, 5.74) is 0.949. The lowest BCUT2D eigenvalue weighted by atomic mass is 10.3. The van der Waals surface area contributed by atoms with Gasteiger partial charge in [-0.15, -0.1) is 0 Å². The Balaban J connectivity index is 1.77. The lowest BCUT2D eigenvalue weighted by molar-refractivity contribution is 0.0658. The SMILES string of the molecule is CCOc1ncnc(NCCOC2CCCC2)c1C. The van der Waals surface area contributed by atoms with E-state index in [2.05, 4.69) is 15.3 Å². The van der Waals surface area contributed by atoms with Crippen molar-refractivity contribution in [3.63, 3.8) is 0 Å². The standard InChI is InChI=1S/C14H23N3O2/c1-3-18-14-11(2)13(16-10-17-14)15-8-9-19-12-6-4-5-7-12/h10,12H,3-9H2,1-2H3,(H,15,16,17). The van der Waals surface area contributed by atoms with Crippen LogP contribution in [0, 0.1) is 6.92 Å². The normalized spacial score (nSPS) is 15.7. The van der Waals surface area contributed by atoms with Gasteiger partial charge in [0.1, 0.15) is 12.1 Å². The summed E-state index contributed by atoms with van der Waals surface area (Å²) < 4.78 is 11.2. The number of nitrogens with one attached hydrogen (secondary N) is 1. The molecule has 0 saturated heterocycles. The number of anilines is 1. The minimum atomic E-state index is 0.465. The Morgan fingerprint density at radius 2 is 2.11 bits per heavy atom. The number of rotatable bonds is 7. The summed E-state index contributed by atoms with van der Waals surface area (Å²) in [6.07, 6.45) is 7.02. The zero-order chi connectivity index (χ0) is 13.5. The molecule has 0 atom stereocenters. The van der Waals surface area contributed by atoms with Crippen LogP contribution in [0.4, 0.5) is 5.82 Å². The van der Waals surface area contributed by atoms with Gasteiger partial charge in [0, 0.05) is 6.54 Å². The largest absolute Gasteiger partial charge is 0.478 e. The molecular formula is C14H23N3O2. The van der Waals surface area contributed by atoms with E-state index in [1.54, 1.807) is 0 Å². The average molecular weight is 265 g/mol. The Bertz CT molecular complexity index is 392. The van der Waals surface area contributed by atoms with Crippen LogP contribution in [-0.2, 0) is 4.74 Å². The molecule has 1 heterocycles. The lowest BCUT2D eigenvalue weighted by Gasteiger charge is -2.13. The van der Waals surface area contributed by atoms with Gasteiger partial charge in [-0.25, -0.2) is 9.97 Å². The van der Waals surface area contributed by atoms with Crippen LogP contribution in [0.2, 0.25) is 0 Å². The Morgan fingerprint density at radius 3 is 2.84 bits per heavy atom. The lowest BCUT2D eigenvalue weighted by Crippen LogP contribution is -2.16. The van der Waals surface area contributed by atoms with Crippen molar-refractivity contribution in [2.24, 2.45) is 0 Å². The van der Waals surface area contributed by atoms with Gasteiger partial charge in [0.25, 0.3) is 0 Å². The van der Waals surface area contributed by atoms with Gasteiger partial charge in [-0.3, -0.25) is 0 Å². The third-order valence-corrected chi connectivity index (χ3v) is 3.37. The van der Waals surface area contributed by atoms with E-state index in [-0.39, 0.29) is 0 Å². The summed E-state index contributed by atoms with van der Waals surface area (Å²) in [6, 6.07) is 0. The maximum Gasteiger partial charge on any atom is 0.221 e. The summed E-state index contributed by atoms with van der Waals surface area (Å²) >= 11 is 0. The second-order valence-corrected chi connectivity index (χ2v) is 4.79. The first-order valence-corrected chi connectivity index (χ1v) is 7.11. The molecule has 0 unspecified atom stereocenters. The van der Waals surface area contributed by atoms with Crippen molar-refractivity contribution in [1.82, 2.24) is 9.97 Å². The highest BCUT2D eigenvalue weighted by Gasteiger charge is 2.14. The van der Waals surface area contributed by atoms with Crippen molar-refractivity contribution < 1.29 is 9.47 Å². The Kier molecular flexibility index (Phi) is 5.39. The van der Waals surface area contributed by atoms with Crippen molar-refractivity contribution in [3.05, 3.63) is 11.9 Å². The smallest absolute Gasteiger partial charge is 0.221 e. The molecule has 5 heteroatoms. The summed E-state index contributed by atoms with van der Waals surface area (Å²) in [7, 11) is 0. The van der Waals surface area contributed by atoms with Gasteiger partial charge < -0.3 is 14.8 Å². The highest BCUT2D eigenvalue weighted by atomic mass is 16.5. The third-order valence-electron chi connectivity index (χ3n) is 3.37. The predicted octanol–water partition coefficient (Wildman–Crippen LogP) is 2.55. The van der Waals surface area contributed by atoms with Gasteiger partial charge >= 0.3 is 0 Å². The highest BCUT2D eigenvalue weighted by molar-refractivity contribution is 5.47. The highest BCUT2D eigenvalue weighted by Crippen LogP contribution is 2.21. The van der Waals surface area contributed by atoms with E-state index in [1.807, 2.05) is 13.8 Å². The van der Waals surface area contributed by atoms with E-state index in [9.17, 15) is 0 Å². The Hall–Kier alpha value is -1.36. The minimum absolute atomic E-state index is 0.465. The van der Waals surface area contributed by atoms with Crippen LogP contribution >= 0.6 is 0 Å². The molecule has 0 aromatic carbocycles. The number of hydrogen-bond donors (Lipinski definition) is 1. The van der Waals surface area contributed by atoms with Crippen molar-refractivity contribution in [2.45, 2.75) is 45.6 Å². The van der Waals surface area contributed by atoms with Crippen molar-refractivity contribution in [3.8, 4) is 5.88 Å². The van der Waals surface area contributed by atoms with Crippen LogP contribution in [0.15, 0.2) is 6.33 Å². The van der Waals surface area contributed by atoms with Crippen molar-refractivity contribution >= 4 is 5.82 Å². The molecule has 0 amide bonds. The maximum absolute atomic E-state index is 5.81. The van der Waals surface area contributed by atoms with Gasteiger partial charge in [0.2, 0.25) is 5.88 Å². The van der Waals surface area contributed by atoms with E-state index < -0.39 is 0 Å². The molecule has 1 aliphatic carbocycles. The molecular weight excluding hydrogens is 242 g/mol. The molecule has 5 nitrogen and oxygen atoms in total. The van der Waals surface area contributed by atoms with Crippen molar-refractivity contribution in [2.75, 3.05) is 25.1 Å². The number of nitrogens with zero attached hydrogens (tertiary/aromatic N) is 2. The van der Waals surface area contributed by atoms with Crippen LogP contribution < -0.4 is 10.1 Å². The fraction of sp³-hybridized carbons (Fsp3) is 0.714. The number of hydrogen-bond acceptors (Lipinski definition) is 5. The molecule has 1 aliphatic rings. The van der Waals surface area contributed by atoms with Gasteiger partial charge in [-0.2, -0.15) is 0 Å². The van der Waals surface area contributed by atoms with Gasteiger partial charge in [-0.05, 0) is 26.7 Å². The van der Waals surface area contributed by atoms with Crippen LogP contribution in [0.5, 0.6) is 5.88 Å². The van der Waals surface area contributed by atoms with Crippen LogP contribution in [0.1, 0.15) is 38.2 Å². The minimum Gasteiger partial charge on any atom is -0.478 e. The quantitative estimate of drug-likeness (QED) is 0.768. The predicted molar refractivity (Wildman–Crippen MR) is 74.6 cm³/mol. The monoisotopic (exact) mass is 265 g/mol. The fourth-order valence-corrected chi connectivity index (χ4v) is 2.34. The second-order valence-electron chi connectivity index (χ2n) is 4.79. The van der Waals surface area contributed by atoms with Crippen LogP contribution in [0.3, 0.4) is 0 Å². The van der Waals surface area contributed by atoms with Crippen molar-refractivity contribution in [1.29, 1.82) is 0 Å². The van der Waals surface area contributed by atoms with Gasteiger partial charge in [0.05, 0.1) is 24.9 Å². The number of aromatic nitrogens is 2. The summed E-state index contributed by atoms with van der Waals surface area (Å²) in [4.78, 5) is 8.35. The first-order valence-electron chi connectivity index (χ1n) is 7.11. The molecule has 0 bridgehead atoms. The van der Waals surface area contributed by atoms with E-state index in [1.165, 1.54) is 32.0 Å². The third kappa shape index (κ3) is 4.06. The van der Waals surface area contributed by atoms with Gasteiger partial charge in [-0.1, -0.05) is 12.8 Å². The summed E-state index contributed by atoms with van der Waals surface area (Å²) in [5, 5.41) is 3.28. The zero-order valence-electron chi connectivity index (χ0n) is 11.8. The molecule has 19 heavy (non-hydrogen) atoms. The Morgan fingerprint density at radius 1 is 1.32 bits per heavy atom. The van der Waals surface area contributed by atoms with E-state index >= 15 is 0 Å². The molecule has 1 aromatic heterocycles. The fourth-order valence-electron chi connectivity index (χ4n) is 2.34. The Labute approximate surface area is 114 Å². The topological polar surface area (TPSA) is 56.3 Å². The molecule has 0 spiro atoms. The van der Waals surface area contributed by atoms with Gasteiger partial charge in [0.15, 0.2) is 0 Å². The van der Waals surface area contributed by atoms with E-state index in [0.717, 1.165) is 24.5 Å². The zero-order valence-corrected chi connectivity index (χ0v) is 11.8. The van der Waals surface area contributed by atoms with E-state index in [0.29, 0.717) is 18.6 Å². The molecule has 1 N–H and O–H groups in total. The summed E-state index contributed by atoms with van der Waals surface area (Å²) in [5.74, 6) is 1.48. The maximum atomic E-state index is 5.81. The number of ether oxygens (including phenoxy) is 2. The molecule has 1 fully saturated rings. The first-order chi connectivity index (χ1) is 9.31. The molecule has 1 saturated carbocycles.